The first kappa shape index (κ1) is 18.8. The number of aliphatic hydroxyl groups is 1. The average molecular weight is 360 g/mol. The van der Waals surface area contributed by atoms with Crippen molar-refractivity contribution >= 4 is 15.9 Å². The maximum absolute atomic E-state index is 13.0. The lowest BCUT2D eigenvalue weighted by atomic mass is 10.2. The highest BCUT2D eigenvalue weighted by molar-refractivity contribution is 7.89. The van der Waals surface area contributed by atoms with Gasteiger partial charge in [-0.15, -0.1) is 0 Å². The fourth-order valence-electron chi connectivity index (χ4n) is 2.56. The van der Waals surface area contributed by atoms with Crippen LogP contribution in [0.5, 0.6) is 0 Å². The van der Waals surface area contributed by atoms with E-state index in [2.05, 4.69) is 5.32 Å². The summed E-state index contributed by atoms with van der Waals surface area (Å²) in [4.78, 5) is 12.2. The van der Waals surface area contributed by atoms with E-state index in [0.717, 1.165) is 16.4 Å². The molecule has 0 bridgehead atoms. The number of carbonyl (C=O) groups excluding carboxylic acids is 1. The van der Waals surface area contributed by atoms with Gasteiger partial charge in [0, 0.05) is 13.1 Å². The van der Waals surface area contributed by atoms with E-state index in [4.69, 9.17) is 9.84 Å². The first-order valence-corrected chi connectivity index (χ1v) is 9.14. The zero-order valence-corrected chi connectivity index (χ0v) is 14.0. The van der Waals surface area contributed by atoms with Gasteiger partial charge in [0.15, 0.2) is 0 Å². The Morgan fingerprint density at radius 2 is 2.04 bits per heavy atom. The Balaban J connectivity index is 2.01. The van der Waals surface area contributed by atoms with Gasteiger partial charge < -0.3 is 15.2 Å². The van der Waals surface area contributed by atoms with Gasteiger partial charge in [-0.1, -0.05) is 0 Å². The molecule has 1 fully saturated rings. The van der Waals surface area contributed by atoms with Crippen LogP contribution in [0.1, 0.15) is 12.8 Å². The Morgan fingerprint density at radius 1 is 1.33 bits per heavy atom. The lowest BCUT2D eigenvalue weighted by molar-refractivity contribution is -0.124. The summed E-state index contributed by atoms with van der Waals surface area (Å²) in [5.41, 5.74) is 0. The van der Waals surface area contributed by atoms with Gasteiger partial charge >= 0.3 is 0 Å². The summed E-state index contributed by atoms with van der Waals surface area (Å²) in [6.07, 6.45) is 1.02. The van der Waals surface area contributed by atoms with Crippen LogP contribution in [0.15, 0.2) is 29.2 Å². The highest BCUT2D eigenvalue weighted by Crippen LogP contribution is 2.26. The van der Waals surface area contributed by atoms with E-state index in [9.17, 15) is 17.6 Å². The molecule has 1 atom stereocenters. The monoisotopic (exact) mass is 360 g/mol. The van der Waals surface area contributed by atoms with Crippen LogP contribution >= 0.6 is 0 Å². The molecule has 1 heterocycles. The molecular formula is C15H21FN2O5S. The van der Waals surface area contributed by atoms with Gasteiger partial charge in [0.05, 0.1) is 24.7 Å². The summed E-state index contributed by atoms with van der Waals surface area (Å²) in [6, 6.07) is 3.77. The van der Waals surface area contributed by atoms with Crippen molar-refractivity contribution in [2.24, 2.45) is 0 Å². The average Bonchev–Trinajstić information content (AvgIpc) is 3.05. The minimum absolute atomic E-state index is 0.0325. The first-order chi connectivity index (χ1) is 11.5. The van der Waals surface area contributed by atoms with Crippen LogP contribution < -0.4 is 5.32 Å². The molecule has 0 aliphatic carbocycles. The zero-order valence-electron chi connectivity index (χ0n) is 13.2. The molecule has 9 heteroatoms. The summed E-state index contributed by atoms with van der Waals surface area (Å²) in [7, 11) is -3.85. The quantitative estimate of drug-likeness (QED) is 0.641. The molecule has 1 aromatic rings. The molecule has 24 heavy (non-hydrogen) atoms. The van der Waals surface area contributed by atoms with Crippen LogP contribution in [-0.2, 0) is 19.6 Å². The summed E-state index contributed by atoms with van der Waals surface area (Å²) in [6.45, 7) is 0.812. The predicted molar refractivity (Wildman–Crippen MR) is 84.2 cm³/mol. The zero-order chi connectivity index (χ0) is 17.6. The third kappa shape index (κ3) is 4.50. The highest BCUT2D eigenvalue weighted by Gasteiger charge is 2.39. The number of amides is 1. The number of hydrogen-bond acceptors (Lipinski definition) is 5. The second-order valence-corrected chi connectivity index (χ2v) is 7.25. The number of nitrogens with zero attached hydrogens (tertiary/aromatic N) is 1. The van der Waals surface area contributed by atoms with Gasteiger partial charge in [-0.3, -0.25) is 4.79 Å². The standard InChI is InChI=1S/C15H21FN2O5S/c16-12-3-5-13(6-4-12)24(21,22)18-8-1-2-14(18)15(20)17-7-10-23-11-9-19/h3-6,14,19H,1-2,7-11H2,(H,17,20). The molecule has 0 aromatic heterocycles. The Hall–Kier alpha value is -1.55. The Bertz CT molecular complexity index is 650. The summed E-state index contributed by atoms with van der Waals surface area (Å²) in [5.74, 6) is -0.904. The van der Waals surface area contributed by atoms with E-state index in [0.29, 0.717) is 12.8 Å². The molecule has 1 aliphatic rings. The summed E-state index contributed by atoms with van der Waals surface area (Å²) in [5, 5.41) is 11.2. The Morgan fingerprint density at radius 3 is 2.71 bits per heavy atom. The number of benzene rings is 1. The van der Waals surface area contributed by atoms with Gasteiger partial charge in [0.2, 0.25) is 15.9 Å². The van der Waals surface area contributed by atoms with E-state index >= 15 is 0 Å². The molecule has 2 N–H and O–H groups in total. The Kier molecular flexibility index (Phi) is 6.67. The summed E-state index contributed by atoms with van der Waals surface area (Å²) < 4.78 is 44.5. The van der Waals surface area contributed by atoms with Crippen LogP contribution in [0.25, 0.3) is 0 Å². The normalized spacial score (nSPS) is 18.7. The van der Waals surface area contributed by atoms with Crippen LogP contribution in [0.4, 0.5) is 4.39 Å². The number of carbonyl (C=O) groups is 1. The van der Waals surface area contributed by atoms with Crippen molar-refractivity contribution in [3.63, 3.8) is 0 Å². The molecule has 7 nitrogen and oxygen atoms in total. The van der Waals surface area contributed by atoms with Crippen molar-refractivity contribution in [1.29, 1.82) is 0 Å². The molecule has 1 saturated heterocycles. The lowest BCUT2D eigenvalue weighted by Gasteiger charge is -2.23. The number of aliphatic hydroxyl groups excluding tert-OH is 1. The van der Waals surface area contributed by atoms with Gasteiger partial charge in [0.1, 0.15) is 11.9 Å². The van der Waals surface area contributed by atoms with E-state index in [-0.39, 0.29) is 43.7 Å². The van der Waals surface area contributed by atoms with Gasteiger partial charge in [-0.2, -0.15) is 4.31 Å². The predicted octanol–water partition coefficient (Wildman–Crippen LogP) is 0.104. The highest BCUT2D eigenvalue weighted by atomic mass is 32.2. The number of nitrogens with one attached hydrogen (secondary N) is 1. The molecule has 1 aromatic carbocycles. The first-order valence-electron chi connectivity index (χ1n) is 7.70. The molecule has 1 unspecified atom stereocenters. The van der Waals surface area contributed by atoms with E-state index in [1.54, 1.807) is 0 Å². The molecule has 134 valence electrons. The van der Waals surface area contributed by atoms with Gasteiger partial charge in [0.25, 0.3) is 0 Å². The van der Waals surface area contributed by atoms with Crippen molar-refractivity contribution in [1.82, 2.24) is 9.62 Å². The van der Waals surface area contributed by atoms with E-state index < -0.39 is 21.9 Å². The van der Waals surface area contributed by atoms with Crippen molar-refractivity contribution < 1.29 is 27.4 Å². The van der Waals surface area contributed by atoms with Crippen LogP contribution in [0.3, 0.4) is 0 Å². The fraction of sp³-hybridized carbons (Fsp3) is 0.533. The smallest absolute Gasteiger partial charge is 0.243 e. The van der Waals surface area contributed by atoms with Crippen molar-refractivity contribution in [3.8, 4) is 0 Å². The SMILES string of the molecule is O=C(NCCOCCO)C1CCCN1S(=O)(=O)c1ccc(F)cc1. The van der Waals surface area contributed by atoms with Crippen LogP contribution in [0.2, 0.25) is 0 Å². The molecule has 0 spiro atoms. The number of sulfonamides is 1. The van der Waals surface area contributed by atoms with E-state index in [1.165, 1.54) is 12.1 Å². The van der Waals surface area contributed by atoms with E-state index in [1.807, 2.05) is 0 Å². The minimum Gasteiger partial charge on any atom is -0.394 e. The molecule has 0 saturated carbocycles. The fourth-order valence-corrected chi connectivity index (χ4v) is 4.22. The van der Waals surface area contributed by atoms with Crippen molar-refractivity contribution in [3.05, 3.63) is 30.1 Å². The molecule has 1 aliphatic heterocycles. The molecular weight excluding hydrogens is 339 g/mol. The second kappa shape index (κ2) is 8.52. The maximum Gasteiger partial charge on any atom is 0.243 e. The number of hydrogen-bond donors (Lipinski definition) is 2. The molecule has 0 radical (unpaired) electrons. The Labute approximate surface area is 140 Å². The third-order valence-electron chi connectivity index (χ3n) is 3.71. The second-order valence-electron chi connectivity index (χ2n) is 5.35. The van der Waals surface area contributed by atoms with Gasteiger partial charge in [-0.05, 0) is 37.1 Å². The number of rotatable bonds is 8. The van der Waals surface area contributed by atoms with Crippen LogP contribution in [-0.4, -0.2) is 62.7 Å². The summed E-state index contributed by atoms with van der Waals surface area (Å²) >= 11 is 0. The van der Waals surface area contributed by atoms with Gasteiger partial charge in [-0.25, -0.2) is 12.8 Å². The number of ether oxygens (including phenoxy) is 1. The molecule has 1 amide bonds. The number of halogens is 1. The lowest BCUT2D eigenvalue weighted by Crippen LogP contribution is -2.46. The maximum atomic E-state index is 13.0. The van der Waals surface area contributed by atoms with Crippen molar-refractivity contribution in [2.45, 2.75) is 23.8 Å². The van der Waals surface area contributed by atoms with Crippen LogP contribution in [0, 0.1) is 5.82 Å². The largest absolute Gasteiger partial charge is 0.394 e. The topological polar surface area (TPSA) is 95.9 Å². The minimum atomic E-state index is -3.85. The third-order valence-corrected chi connectivity index (χ3v) is 5.63. The van der Waals surface area contributed by atoms with Crippen molar-refractivity contribution in [2.75, 3.05) is 32.9 Å². The molecule has 2 rings (SSSR count).